The standard InChI is InChI=1S/C13H13BrN2O2S2/c1-8-5-6-12(9(14)7-8)20(17,18)16-13-15-10-3-2-4-11(10)19-13/h5-7H,2-4H2,1H3,(H,15,16). The first-order chi connectivity index (χ1) is 9.45. The average molecular weight is 373 g/mol. The van der Waals surface area contributed by atoms with Crippen LogP contribution >= 0.6 is 27.3 Å². The van der Waals surface area contributed by atoms with Crippen molar-refractivity contribution in [3.63, 3.8) is 0 Å². The number of hydrogen-bond acceptors (Lipinski definition) is 4. The summed E-state index contributed by atoms with van der Waals surface area (Å²) >= 11 is 4.74. The molecule has 0 fully saturated rings. The van der Waals surface area contributed by atoms with E-state index in [2.05, 4.69) is 25.6 Å². The van der Waals surface area contributed by atoms with E-state index in [0.29, 0.717) is 9.60 Å². The van der Waals surface area contributed by atoms with Gasteiger partial charge >= 0.3 is 0 Å². The smallest absolute Gasteiger partial charge is 0.255 e. The van der Waals surface area contributed by atoms with Crippen molar-refractivity contribution >= 4 is 42.4 Å². The zero-order chi connectivity index (χ0) is 14.3. The van der Waals surface area contributed by atoms with E-state index >= 15 is 0 Å². The molecule has 0 spiro atoms. The van der Waals surface area contributed by atoms with Crippen molar-refractivity contribution in [3.05, 3.63) is 38.8 Å². The van der Waals surface area contributed by atoms with E-state index in [1.54, 1.807) is 18.2 Å². The second-order valence-electron chi connectivity index (χ2n) is 4.78. The highest BCUT2D eigenvalue weighted by atomic mass is 79.9. The third-order valence-electron chi connectivity index (χ3n) is 3.19. The average Bonchev–Trinajstić information content (AvgIpc) is 2.87. The molecule has 106 valence electrons. The lowest BCUT2D eigenvalue weighted by Gasteiger charge is -2.08. The minimum Gasteiger partial charge on any atom is -0.255 e. The lowest BCUT2D eigenvalue weighted by atomic mass is 10.2. The number of hydrogen-bond donors (Lipinski definition) is 1. The van der Waals surface area contributed by atoms with Crippen LogP contribution in [0.2, 0.25) is 0 Å². The first-order valence-electron chi connectivity index (χ1n) is 6.23. The van der Waals surface area contributed by atoms with Crippen LogP contribution in [0, 0.1) is 6.92 Å². The summed E-state index contributed by atoms with van der Waals surface area (Å²) in [4.78, 5) is 5.80. The van der Waals surface area contributed by atoms with E-state index in [-0.39, 0.29) is 4.90 Å². The molecule has 0 radical (unpaired) electrons. The van der Waals surface area contributed by atoms with Crippen molar-refractivity contribution in [3.8, 4) is 0 Å². The second kappa shape index (κ2) is 5.13. The van der Waals surface area contributed by atoms with E-state index in [0.717, 1.165) is 30.5 Å². The first kappa shape index (κ1) is 14.0. The van der Waals surface area contributed by atoms with E-state index in [4.69, 9.17) is 0 Å². The molecule has 1 aromatic carbocycles. The Hall–Kier alpha value is -0.920. The van der Waals surface area contributed by atoms with Gasteiger partial charge in [-0.25, -0.2) is 13.4 Å². The fourth-order valence-electron chi connectivity index (χ4n) is 2.23. The molecule has 4 nitrogen and oxygen atoms in total. The number of rotatable bonds is 3. The van der Waals surface area contributed by atoms with Gasteiger partial charge in [0, 0.05) is 9.35 Å². The van der Waals surface area contributed by atoms with E-state index in [9.17, 15) is 8.42 Å². The minimum atomic E-state index is -3.60. The van der Waals surface area contributed by atoms with Crippen molar-refractivity contribution in [1.29, 1.82) is 0 Å². The molecule has 0 aliphatic heterocycles. The van der Waals surface area contributed by atoms with Gasteiger partial charge in [-0.2, -0.15) is 0 Å². The Kier molecular flexibility index (Phi) is 3.60. The Morgan fingerprint density at radius 2 is 2.15 bits per heavy atom. The molecular weight excluding hydrogens is 360 g/mol. The Bertz CT molecular complexity index is 747. The second-order valence-corrected chi connectivity index (χ2v) is 8.37. The number of nitrogens with zero attached hydrogens (tertiary/aromatic N) is 1. The summed E-state index contributed by atoms with van der Waals surface area (Å²) in [6, 6.07) is 5.17. The number of fused-ring (bicyclic) bond motifs is 1. The highest BCUT2D eigenvalue weighted by molar-refractivity contribution is 9.10. The molecule has 0 saturated carbocycles. The van der Waals surface area contributed by atoms with Gasteiger partial charge in [0.25, 0.3) is 10.0 Å². The molecule has 1 N–H and O–H groups in total. The monoisotopic (exact) mass is 372 g/mol. The number of anilines is 1. The van der Waals surface area contributed by atoms with Crippen LogP contribution in [0.1, 0.15) is 22.6 Å². The van der Waals surface area contributed by atoms with Crippen LogP contribution in [0.25, 0.3) is 0 Å². The Labute approximate surface area is 130 Å². The van der Waals surface area contributed by atoms with Gasteiger partial charge in [-0.15, -0.1) is 11.3 Å². The normalized spacial score (nSPS) is 14.3. The lowest BCUT2D eigenvalue weighted by Crippen LogP contribution is -2.13. The Morgan fingerprint density at radius 3 is 2.85 bits per heavy atom. The molecular formula is C13H13BrN2O2S2. The summed E-state index contributed by atoms with van der Waals surface area (Å²) < 4.78 is 27.9. The van der Waals surface area contributed by atoms with Gasteiger partial charge in [-0.3, -0.25) is 4.72 Å². The van der Waals surface area contributed by atoms with Crippen LogP contribution in [0.4, 0.5) is 5.13 Å². The number of benzene rings is 1. The number of aromatic nitrogens is 1. The van der Waals surface area contributed by atoms with Crippen LogP contribution < -0.4 is 4.72 Å². The van der Waals surface area contributed by atoms with Gasteiger partial charge in [0.15, 0.2) is 5.13 Å². The highest BCUT2D eigenvalue weighted by Gasteiger charge is 2.22. The summed E-state index contributed by atoms with van der Waals surface area (Å²) in [5, 5.41) is 0.460. The SMILES string of the molecule is Cc1ccc(S(=O)(=O)Nc2nc3c(s2)CCC3)c(Br)c1. The molecule has 1 heterocycles. The van der Waals surface area contributed by atoms with E-state index < -0.39 is 10.0 Å². The molecule has 7 heteroatoms. The zero-order valence-electron chi connectivity index (χ0n) is 10.8. The molecule has 0 amide bonds. The Morgan fingerprint density at radius 1 is 1.35 bits per heavy atom. The third kappa shape index (κ3) is 2.62. The van der Waals surface area contributed by atoms with Crippen LogP contribution in [0.3, 0.4) is 0 Å². The number of sulfonamides is 1. The van der Waals surface area contributed by atoms with Gasteiger partial charge in [-0.1, -0.05) is 6.07 Å². The van der Waals surface area contributed by atoms with Crippen molar-refractivity contribution in [1.82, 2.24) is 4.98 Å². The number of aryl methyl sites for hydroxylation is 3. The Balaban J connectivity index is 1.91. The molecule has 20 heavy (non-hydrogen) atoms. The molecule has 1 aromatic heterocycles. The van der Waals surface area contributed by atoms with Crippen molar-refractivity contribution in [2.45, 2.75) is 31.1 Å². The molecule has 3 rings (SSSR count). The van der Waals surface area contributed by atoms with Gasteiger partial charge in [0.2, 0.25) is 0 Å². The number of nitrogens with one attached hydrogen (secondary N) is 1. The molecule has 1 aliphatic carbocycles. The highest BCUT2D eigenvalue weighted by Crippen LogP contribution is 2.32. The van der Waals surface area contributed by atoms with Crippen molar-refractivity contribution < 1.29 is 8.42 Å². The summed E-state index contributed by atoms with van der Waals surface area (Å²) in [6.45, 7) is 1.92. The number of thiazole rings is 1. The molecule has 2 aromatic rings. The fraction of sp³-hybridized carbons (Fsp3) is 0.308. The summed E-state index contributed by atoms with van der Waals surface area (Å²) in [5.41, 5.74) is 2.04. The molecule has 0 saturated heterocycles. The van der Waals surface area contributed by atoms with Gasteiger partial charge in [0.1, 0.15) is 4.90 Å². The lowest BCUT2D eigenvalue weighted by molar-refractivity contribution is 0.600. The maximum atomic E-state index is 12.4. The predicted molar refractivity (Wildman–Crippen MR) is 83.8 cm³/mol. The van der Waals surface area contributed by atoms with Crippen LogP contribution in [-0.2, 0) is 22.9 Å². The maximum absolute atomic E-state index is 12.4. The van der Waals surface area contributed by atoms with Gasteiger partial charge < -0.3 is 0 Å². The summed E-state index contributed by atoms with van der Waals surface area (Å²) in [7, 11) is -3.60. The van der Waals surface area contributed by atoms with E-state index in [1.807, 2.05) is 6.92 Å². The molecule has 0 bridgehead atoms. The molecule has 0 unspecified atom stereocenters. The fourth-order valence-corrected chi connectivity index (χ4v) is 5.71. The van der Waals surface area contributed by atoms with Crippen LogP contribution in [-0.4, -0.2) is 13.4 Å². The summed E-state index contributed by atoms with van der Waals surface area (Å²) in [5.74, 6) is 0. The first-order valence-corrected chi connectivity index (χ1v) is 9.32. The topological polar surface area (TPSA) is 59.1 Å². The van der Waals surface area contributed by atoms with Gasteiger partial charge in [0.05, 0.1) is 5.69 Å². The molecule has 0 atom stereocenters. The van der Waals surface area contributed by atoms with Crippen molar-refractivity contribution in [2.24, 2.45) is 0 Å². The van der Waals surface area contributed by atoms with Crippen LogP contribution in [0.5, 0.6) is 0 Å². The number of halogens is 1. The quantitative estimate of drug-likeness (QED) is 0.896. The maximum Gasteiger partial charge on any atom is 0.264 e. The molecule has 1 aliphatic rings. The van der Waals surface area contributed by atoms with Crippen molar-refractivity contribution in [2.75, 3.05) is 4.72 Å². The third-order valence-corrected chi connectivity index (χ3v) is 6.71. The zero-order valence-corrected chi connectivity index (χ0v) is 14.0. The predicted octanol–water partition coefficient (Wildman–Crippen LogP) is 3.50. The van der Waals surface area contributed by atoms with Gasteiger partial charge in [-0.05, 0) is 59.8 Å². The summed E-state index contributed by atoms with van der Waals surface area (Å²) in [6.07, 6.45) is 3.06. The largest absolute Gasteiger partial charge is 0.264 e. The van der Waals surface area contributed by atoms with Crippen LogP contribution in [0.15, 0.2) is 27.6 Å². The minimum absolute atomic E-state index is 0.235. The van der Waals surface area contributed by atoms with E-state index in [1.165, 1.54) is 16.2 Å².